The third-order valence-electron chi connectivity index (χ3n) is 2.04. The van der Waals surface area contributed by atoms with Crippen molar-refractivity contribution in [3.05, 3.63) is 0 Å². The monoisotopic (exact) mass is 285 g/mol. The van der Waals surface area contributed by atoms with Crippen LogP contribution in [0.3, 0.4) is 0 Å². The zero-order valence-electron chi connectivity index (χ0n) is 10.9. The van der Waals surface area contributed by atoms with E-state index in [1.165, 1.54) is 0 Å². The molecular weight excluding hydrogens is 264 g/mol. The molecule has 0 spiro atoms. The van der Waals surface area contributed by atoms with Crippen molar-refractivity contribution in [2.45, 2.75) is 32.7 Å². The number of hydrogen-bond acceptors (Lipinski definition) is 3. The zero-order valence-corrected chi connectivity index (χ0v) is 11.7. The standard InChI is InChI=1S/C10H21F2N3O2S/c1-4-13-10(14-7-9(11)12)15-8(2)5-6-18(3,16)17/h8-9H,4-7H2,1-3H3,(H2,13,14,15). The van der Waals surface area contributed by atoms with Crippen LogP contribution >= 0.6 is 0 Å². The quantitative estimate of drug-likeness (QED) is 0.532. The van der Waals surface area contributed by atoms with Crippen LogP contribution in [0.25, 0.3) is 0 Å². The van der Waals surface area contributed by atoms with Crippen molar-refractivity contribution in [1.29, 1.82) is 0 Å². The summed E-state index contributed by atoms with van der Waals surface area (Å²) in [7, 11) is -3.01. The molecule has 108 valence electrons. The summed E-state index contributed by atoms with van der Waals surface area (Å²) in [6, 6.07) is -0.157. The van der Waals surface area contributed by atoms with E-state index in [2.05, 4.69) is 15.6 Å². The van der Waals surface area contributed by atoms with Gasteiger partial charge in [0.1, 0.15) is 16.4 Å². The number of guanidine groups is 1. The lowest BCUT2D eigenvalue weighted by Gasteiger charge is -2.17. The summed E-state index contributed by atoms with van der Waals surface area (Å²) in [5, 5.41) is 5.71. The highest BCUT2D eigenvalue weighted by molar-refractivity contribution is 7.90. The SMILES string of the molecule is CCNC(=NCC(F)F)NC(C)CCS(C)(=O)=O. The summed E-state index contributed by atoms with van der Waals surface area (Å²) in [5.41, 5.74) is 0. The number of hydrogen-bond donors (Lipinski definition) is 2. The molecule has 0 saturated heterocycles. The van der Waals surface area contributed by atoms with E-state index in [0.29, 0.717) is 13.0 Å². The molecule has 5 nitrogen and oxygen atoms in total. The minimum Gasteiger partial charge on any atom is -0.357 e. The van der Waals surface area contributed by atoms with Crippen LogP contribution in [0, 0.1) is 0 Å². The van der Waals surface area contributed by atoms with E-state index in [9.17, 15) is 17.2 Å². The predicted molar refractivity (Wildman–Crippen MR) is 68.9 cm³/mol. The molecule has 0 aliphatic heterocycles. The minimum atomic E-state index is -3.01. The molecule has 0 aliphatic rings. The van der Waals surface area contributed by atoms with Gasteiger partial charge in [-0.1, -0.05) is 0 Å². The Morgan fingerprint density at radius 1 is 1.39 bits per heavy atom. The van der Waals surface area contributed by atoms with Gasteiger partial charge in [-0.15, -0.1) is 0 Å². The molecule has 1 atom stereocenters. The molecular formula is C10H21F2N3O2S. The Morgan fingerprint density at radius 2 is 2.00 bits per heavy atom. The van der Waals surface area contributed by atoms with Gasteiger partial charge in [0.2, 0.25) is 0 Å². The van der Waals surface area contributed by atoms with Gasteiger partial charge < -0.3 is 10.6 Å². The first-order chi connectivity index (χ1) is 8.24. The highest BCUT2D eigenvalue weighted by Gasteiger charge is 2.10. The molecule has 2 N–H and O–H groups in total. The van der Waals surface area contributed by atoms with Crippen molar-refractivity contribution >= 4 is 15.8 Å². The van der Waals surface area contributed by atoms with Crippen LogP contribution in [0.5, 0.6) is 0 Å². The van der Waals surface area contributed by atoms with Crippen molar-refractivity contribution in [1.82, 2.24) is 10.6 Å². The molecule has 0 bridgehead atoms. The predicted octanol–water partition coefficient (Wildman–Crippen LogP) is 0.630. The van der Waals surface area contributed by atoms with Gasteiger partial charge in [-0.2, -0.15) is 0 Å². The van der Waals surface area contributed by atoms with E-state index >= 15 is 0 Å². The Kier molecular flexibility index (Phi) is 7.81. The number of rotatable bonds is 7. The molecule has 0 aromatic heterocycles. The van der Waals surface area contributed by atoms with Crippen LogP contribution in [0.2, 0.25) is 0 Å². The second kappa shape index (κ2) is 8.23. The third kappa shape index (κ3) is 10.2. The lowest BCUT2D eigenvalue weighted by atomic mass is 10.3. The molecule has 0 amide bonds. The molecule has 0 saturated carbocycles. The van der Waals surface area contributed by atoms with E-state index in [1.807, 2.05) is 6.92 Å². The zero-order chi connectivity index (χ0) is 14.2. The van der Waals surface area contributed by atoms with Gasteiger partial charge in [0, 0.05) is 18.8 Å². The highest BCUT2D eigenvalue weighted by Crippen LogP contribution is 1.96. The maximum Gasteiger partial charge on any atom is 0.257 e. The summed E-state index contributed by atoms with van der Waals surface area (Å²) in [5.74, 6) is 0.328. The van der Waals surface area contributed by atoms with Crippen LogP contribution in [-0.2, 0) is 9.84 Å². The van der Waals surface area contributed by atoms with Gasteiger partial charge in [0.15, 0.2) is 5.96 Å². The van der Waals surface area contributed by atoms with Crippen molar-refractivity contribution in [3.8, 4) is 0 Å². The van der Waals surface area contributed by atoms with Crippen molar-refractivity contribution in [2.75, 3.05) is 25.1 Å². The number of nitrogens with one attached hydrogen (secondary N) is 2. The molecule has 0 aliphatic carbocycles. The van der Waals surface area contributed by atoms with Crippen molar-refractivity contribution in [3.63, 3.8) is 0 Å². The molecule has 18 heavy (non-hydrogen) atoms. The summed E-state index contributed by atoms with van der Waals surface area (Å²) in [6.45, 7) is 3.57. The molecule has 1 unspecified atom stereocenters. The first-order valence-corrected chi connectivity index (χ1v) is 7.81. The molecule has 0 heterocycles. The molecule has 0 aromatic carbocycles. The van der Waals surface area contributed by atoms with E-state index in [1.54, 1.807) is 6.92 Å². The highest BCUT2D eigenvalue weighted by atomic mass is 32.2. The second-order valence-corrected chi connectivity index (χ2v) is 6.33. The normalized spacial score (nSPS) is 14.7. The van der Waals surface area contributed by atoms with Crippen molar-refractivity contribution in [2.24, 2.45) is 4.99 Å². The number of sulfone groups is 1. The van der Waals surface area contributed by atoms with Crippen LogP contribution in [0.1, 0.15) is 20.3 Å². The molecule has 0 radical (unpaired) electrons. The average molecular weight is 285 g/mol. The smallest absolute Gasteiger partial charge is 0.257 e. The van der Waals surface area contributed by atoms with Gasteiger partial charge in [-0.05, 0) is 20.3 Å². The number of aliphatic imine (C=N–C) groups is 1. The fraction of sp³-hybridized carbons (Fsp3) is 0.900. The molecule has 8 heteroatoms. The lowest BCUT2D eigenvalue weighted by Crippen LogP contribution is -2.43. The topological polar surface area (TPSA) is 70.6 Å². The van der Waals surface area contributed by atoms with Gasteiger partial charge in [0.05, 0.1) is 5.75 Å². The first-order valence-electron chi connectivity index (χ1n) is 5.75. The number of halogens is 2. The Bertz CT molecular complexity index is 358. The van der Waals surface area contributed by atoms with E-state index in [4.69, 9.17) is 0 Å². The Hall–Kier alpha value is -0.920. The fourth-order valence-electron chi connectivity index (χ4n) is 1.18. The Labute approximate surface area is 107 Å². The lowest BCUT2D eigenvalue weighted by molar-refractivity contribution is 0.158. The maximum atomic E-state index is 12.0. The van der Waals surface area contributed by atoms with Gasteiger partial charge in [0.25, 0.3) is 6.43 Å². The summed E-state index contributed by atoms with van der Waals surface area (Å²) < 4.78 is 46.0. The Morgan fingerprint density at radius 3 is 2.44 bits per heavy atom. The molecule has 0 aromatic rings. The van der Waals surface area contributed by atoms with E-state index in [-0.39, 0.29) is 17.8 Å². The number of nitrogens with zero attached hydrogens (tertiary/aromatic N) is 1. The third-order valence-corrected chi connectivity index (χ3v) is 3.01. The van der Waals surface area contributed by atoms with Crippen LogP contribution in [-0.4, -0.2) is 51.9 Å². The van der Waals surface area contributed by atoms with Crippen molar-refractivity contribution < 1.29 is 17.2 Å². The van der Waals surface area contributed by atoms with Crippen LogP contribution < -0.4 is 10.6 Å². The summed E-state index contributed by atoms with van der Waals surface area (Å²) in [4.78, 5) is 3.69. The minimum absolute atomic E-state index is 0.0510. The molecule has 0 fully saturated rings. The number of alkyl halides is 2. The average Bonchev–Trinajstić information content (AvgIpc) is 2.22. The van der Waals surface area contributed by atoms with E-state index < -0.39 is 22.8 Å². The first kappa shape index (κ1) is 17.1. The summed E-state index contributed by atoms with van der Waals surface area (Å²) in [6.07, 6.45) is -0.930. The summed E-state index contributed by atoms with van der Waals surface area (Å²) >= 11 is 0. The largest absolute Gasteiger partial charge is 0.357 e. The van der Waals surface area contributed by atoms with Gasteiger partial charge in [-0.3, -0.25) is 0 Å². The van der Waals surface area contributed by atoms with Crippen LogP contribution in [0.15, 0.2) is 4.99 Å². The fourth-order valence-corrected chi connectivity index (χ4v) is 1.96. The van der Waals surface area contributed by atoms with Gasteiger partial charge in [-0.25, -0.2) is 22.2 Å². The molecule has 0 rings (SSSR count). The van der Waals surface area contributed by atoms with Crippen LogP contribution in [0.4, 0.5) is 8.78 Å². The Balaban J connectivity index is 4.27. The second-order valence-electron chi connectivity index (χ2n) is 4.07. The van der Waals surface area contributed by atoms with E-state index in [0.717, 1.165) is 6.26 Å². The maximum absolute atomic E-state index is 12.0. The van der Waals surface area contributed by atoms with Gasteiger partial charge >= 0.3 is 0 Å².